The molecule has 3 rings (SSSR count). The summed E-state index contributed by atoms with van der Waals surface area (Å²) in [6.45, 7) is 6.54. The van der Waals surface area contributed by atoms with E-state index in [2.05, 4.69) is 17.1 Å². The zero-order chi connectivity index (χ0) is 18.2. The Hall–Kier alpha value is -1.64. The first-order valence-electron chi connectivity index (χ1n) is 8.68. The Morgan fingerprint density at radius 3 is 2.88 bits per heavy atom. The van der Waals surface area contributed by atoms with E-state index in [1.165, 1.54) is 12.1 Å². The molecule has 3 N–H and O–H groups in total. The van der Waals surface area contributed by atoms with Crippen LogP contribution in [-0.2, 0) is 16.4 Å². The standard InChI is InChI=1S/C17H25N3O4S/c1-3-20-6-4-5-13(20)10-19-17(21)15-9-14(25(18,22)23)8-12-7-11(2)24-16(12)15/h8-9,11,13H,3-7,10H2,1-2H3,(H,19,21)(H2,18,22,23). The lowest BCUT2D eigenvalue weighted by atomic mass is 10.1. The third-order valence-corrected chi connectivity index (χ3v) is 5.84. The summed E-state index contributed by atoms with van der Waals surface area (Å²) in [5.74, 6) is 0.148. The molecular formula is C17H25N3O4S. The summed E-state index contributed by atoms with van der Waals surface area (Å²) in [5.41, 5.74) is 0.951. The second kappa shape index (κ2) is 6.93. The van der Waals surface area contributed by atoms with Gasteiger partial charge in [0.2, 0.25) is 10.0 Å². The largest absolute Gasteiger partial charge is 0.489 e. The Balaban J connectivity index is 1.83. The molecular weight excluding hydrogens is 342 g/mol. The number of nitrogens with one attached hydrogen (secondary N) is 1. The van der Waals surface area contributed by atoms with Crippen molar-refractivity contribution in [3.63, 3.8) is 0 Å². The molecule has 1 saturated heterocycles. The minimum atomic E-state index is -3.89. The van der Waals surface area contributed by atoms with Crippen molar-refractivity contribution in [1.29, 1.82) is 0 Å². The Labute approximate surface area is 148 Å². The number of fused-ring (bicyclic) bond motifs is 1. The first-order valence-corrected chi connectivity index (χ1v) is 10.2. The summed E-state index contributed by atoms with van der Waals surface area (Å²) >= 11 is 0. The van der Waals surface area contributed by atoms with Gasteiger partial charge in [0.05, 0.1) is 10.5 Å². The van der Waals surface area contributed by atoms with Crippen LogP contribution in [0.3, 0.4) is 0 Å². The molecule has 0 aromatic heterocycles. The van der Waals surface area contributed by atoms with Gasteiger partial charge in [-0.3, -0.25) is 9.69 Å². The van der Waals surface area contributed by atoms with Crippen molar-refractivity contribution in [3.05, 3.63) is 23.3 Å². The molecule has 0 radical (unpaired) electrons. The number of ether oxygens (including phenoxy) is 1. The van der Waals surface area contributed by atoms with E-state index in [1.54, 1.807) is 0 Å². The molecule has 138 valence electrons. The van der Waals surface area contributed by atoms with Gasteiger partial charge in [-0.05, 0) is 50.6 Å². The van der Waals surface area contributed by atoms with Crippen LogP contribution in [0.4, 0.5) is 0 Å². The quantitative estimate of drug-likeness (QED) is 0.804. The minimum Gasteiger partial charge on any atom is -0.489 e. The van der Waals surface area contributed by atoms with Crippen molar-refractivity contribution in [3.8, 4) is 5.75 Å². The highest BCUT2D eigenvalue weighted by Crippen LogP contribution is 2.35. The van der Waals surface area contributed by atoms with Crippen LogP contribution < -0.4 is 15.2 Å². The summed E-state index contributed by atoms with van der Waals surface area (Å²) in [6, 6.07) is 3.14. The van der Waals surface area contributed by atoms with Gasteiger partial charge in [0.15, 0.2) is 0 Å². The lowest BCUT2D eigenvalue weighted by Crippen LogP contribution is -2.40. The summed E-state index contributed by atoms with van der Waals surface area (Å²) in [7, 11) is -3.89. The van der Waals surface area contributed by atoms with Crippen molar-refractivity contribution in [2.45, 2.75) is 50.2 Å². The summed E-state index contributed by atoms with van der Waals surface area (Å²) in [6.07, 6.45) is 2.65. The SMILES string of the molecule is CCN1CCCC1CNC(=O)c1cc(S(N)(=O)=O)cc2c1OC(C)C2. The van der Waals surface area contributed by atoms with Gasteiger partial charge >= 0.3 is 0 Å². The van der Waals surface area contributed by atoms with Gasteiger partial charge < -0.3 is 10.1 Å². The minimum absolute atomic E-state index is 0.0508. The number of primary sulfonamides is 1. The molecule has 1 aromatic rings. The zero-order valence-corrected chi connectivity index (χ0v) is 15.4. The third kappa shape index (κ3) is 3.80. The van der Waals surface area contributed by atoms with Crippen molar-refractivity contribution in [2.75, 3.05) is 19.6 Å². The van der Waals surface area contributed by atoms with E-state index < -0.39 is 10.0 Å². The average molecular weight is 367 g/mol. The number of benzene rings is 1. The van der Waals surface area contributed by atoms with Gasteiger partial charge in [0, 0.05) is 19.0 Å². The third-order valence-electron chi connectivity index (χ3n) is 4.94. The Morgan fingerprint density at radius 1 is 1.44 bits per heavy atom. The van der Waals surface area contributed by atoms with Crippen molar-refractivity contribution >= 4 is 15.9 Å². The number of carbonyl (C=O) groups excluding carboxylic acids is 1. The van der Waals surface area contributed by atoms with E-state index in [9.17, 15) is 13.2 Å². The fraction of sp³-hybridized carbons (Fsp3) is 0.588. The summed E-state index contributed by atoms with van der Waals surface area (Å²) in [4.78, 5) is 15.0. The molecule has 25 heavy (non-hydrogen) atoms. The number of nitrogens with two attached hydrogens (primary N) is 1. The lowest BCUT2D eigenvalue weighted by molar-refractivity contribution is 0.0936. The van der Waals surface area contributed by atoms with Gasteiger partial charge in [-0.15, -0.1) is 0 Å². The smallest absolute Gasteiger partial charge is 0.255 e. The number of sulfonamides is 1. The first-order chi connectivity index (χ1) is 11.8. The molecule has 0 aliphatic carbocycles. The molecule has 2 aliphatic rings. The van der Waals surface area contributed by atoms with Crippen LogP contribution in [0.2, 0.25) is 0 Å². The Bertz CT molecular complexity index is 778. The monoisotopic (exact) mass is 367 g/mol. The van der Waals surface area contributed by atoms with E-state index in [4.69, 9.17) is 9.88 Å². The van der Waals surface area contributed by atoms with Gasteiger partial charge in [0.25, 0.3) is 5.91 Å². The van der Waals surface area contributed by atoms with Crippen LogP contribution in [0.1, 0.15) is 42.6 Å². The van der Waals surface area contributed by atoms with Crippen LogP contribution in [0.5, 0.6) is 5.75 Å². The normalized spacial score (nSPS) is 23.3. The first kappa shape index (κ1) is 18.2. The van der Waals surface area contributed by atoms with E-state index in [0.29, 0.717) is 30.3 Å². The van der Waals surface area contributed by atoms with E-state index in [-0.39, 0.29) is 22.5 Å². The van der Waals surface area contributed by atoms with Crippen molar-refractivity contribution < 1.29 is 17.9 Å². The Kier molecular flexibility index (Phi) is 5.04. The highest BCUT2D eigenvalue weighted by Gasteiger charge is 2.29. The average Bonchev–Trinajstić information content (AvgIpc) is 3.15. The number of rotatable bonds is 5. The van der Waals surface area contributed by atoms with Gasteiger partial charge in [-0.25, -0.2) is 13.6 Å². The molecule has 2 atom stereocenters. The van der Waals surface area contributed by atoms with Crippen LogP contribution in [0.25, 0.3) is 0 Å². The number of likely N-dealkylation sites (N-methyl/N-ethyl adjacent to an activating group) is 1. The van der Waals surface area contributed by atoms with Crippen molar-refractivity contribution in [1.82, 2.24) is 10.2 Å². The topological polar surface area (TPSA) is 102 Å². The van der Waals surface area contributed by atoms with Gasteiger partial charge in [-0.2, -0.15) is 0 Å². The van der Waals surface area contributed by atoms with Crippen LogP contribution in [0.15, 0.2) is 17.0 Å². The molecule has 1 fully saturated rings. The molecule has 0 bridgehead atoms. The molecule has 2 aliphatic heterocycles. The van der Waals surface area contributed by atoms with E-state index >= 15 is 0 Å². The number of hydrogen-bond donors (Lipinski definition) is 2. The van der Waals surface area contributed by atoms with E-state index in [1.807, 2.05) is 6.92 Å². The van der Waals surface area contributed by atoms with Crippen molar-refractivity contribution in [2.24, 2.45) is 5.14 Å². The van der Waals surface area contributed by atoms with Crippen LogP contribution in [-0.4, -0.2) is 51.0 Å². The molecule has 1 amide bonds. The summed E-state index contributed by atoms with van der Waals surface area (Å²) < 4.78 is 29.2. The maximum atomic E-state index is 12.7. The predicted octanol–water partition coefficient (Wildman–Crippen LogP) is 0.872. The molecule has 0 spiro atoms. The number of likely N-dealkylation sites (tertiary alicyclic amines) is 1. The maximum Gasteiger partial charge on any atom is 0.255 e. The number of carbonyl (C=O) groups is 1. The van der Waals surface area contributed by atoms with Crippen LogP contribution in [0, 0.1) is 0 Å². The molecule has 7 nitrogen and oxygen atoms in total. The highest BCUT2D eigenvalue weighted by molar-refractivity contribution is 7.89. The van der Waals surface area contributed by atoms with Crippen LogP contribution >= 0.6 is 0 Å². The summed E-state index contributed by atoms with van der Waals surface area (Å²) in [5, 5.41) is 8.19. The van der Waals surface area contributed by atoms with Gasteiger partial charge in [-0.1, -0.05) is 6.92 Å². The second-order valence-corrected chi connectivity index (χ2v) is 8.33. The molecule has 8 heteroatoms. The highest BCUT2D eigenvalue weighted by atomic mass is 32.2. The molecule has 2 heterocycles. The number of hydrogen-bond acceptors (Lipinski definition) is 5. The Morgan fingerprint density at radius 2 is 2.20 bits per heavy atom. The fourth-order valence-electron chi connectivity index (χ4n) is 3.68. The zero-order valence-electron chi connectivity index (χ0n) is 14.6. The lowest BCUT2D eigenvalue weighted by Gasteiger charge is -2.23. The molecule has 2 unspecified atom stereocenters. The number of amides is 1. The molecule has 1 aromatic carbocycles. The fourth-order valence-corrected chi connectivity index (χ4v) is 4.27. The number of nitrogens with zero attached hydrogens (tertiary/aromatic N) is 1. The second-order valence-electron chi connectivity index (χ2n) is 6.77. The van der Waals surface area contributed by atoms with Gasteiger partial charge in [0.1, 0.15) is 11.9 Å². The van der Waals surface area contributed by atoms with E-state index in [0.717, 1.165) is 25.9 Å². The maximum absolute atomic E-state index is 12.7. The molecule has 0 saturated carbocycles. The predicted molar refractivity (Wildman–Crippen MR) is 94.2 cm³/mol.